The lowest BCUT2D eigenvalue weighted by molar-refractivity contribution is -0.136. The smallest absolute Gasteiger partial charge is 0.329 e. The number of amides is 3. The molecule has 3 N–H and O–H groups in total. The highest BCUT2D eigenvalue weighted by Crippen LogP contribution is 2.16. The van der Waals surface area contributed by atoms with Crippen LogP contribution >= 0.6 is 15.9 Å². The predicted octanol–water partition coefficient (Wildman–Crippen LogP) is 3.56. The van der Waals surface area contributed by atoms with Gasteiger partial charge in [-0.1, -0.05) is 15.9 Å². The number of nitrogens with one attached hydrogen (secondary N) is 3. The molecule has 0 spiro atoms. The standard InChI is InChI=1S/C24H21BrN4O5/c1-33-20-12-8-18(9-13-20)27-22(30)15-34-21-10-2-16(3-11-21)14-26-29-24(32)23(31)28-19-6-4-17(25)5-7-19/h2-14H,15H2,1H3,(H,27,30)(H,28,31)(H,29,32)/b26-14-. The number of rotatable bonds is 8. The molecule has 10 heteroatoms. The van der Waals surface area contributed by atoms with Crippen molar-refractivity contribution in [3.05, 3.63) is 82.8 Å². The first-order chi connectivity index (χ1) is 16.4. The maximum atomic E-state index is 12.0. The fourth-order valence-electron chi connectivity index (χ4n) is 2.61. The van der Waals surface area contributed by atoms with Crippen molar-refractivity contribution in [2.75, 3.05) is 24.4 Å². The van der Waals surface area contributed by atoms with Crippen molar-refractivity contribution < 1.29 is 23.9 Å². The predicted molar refractivity (Wildman–Crippen MR) is 132 cm³/mol. The number of carbonyl (C=O) groups is 3. The molecule has 3 aromatic rings. The van der Waals surface area contributed by atoms with Crippen LogP contribution in [0.1, 0.15) is 5.56 Å². The molecule has 0 radical (unpaired) electrons. The van der Waals surface area contributed by atoms with Crippen molar-refractivity contribution in [1.82, 2.24) is 5.43 Å². The molecule has 0 aromatic heterocycles. The van der Waals surface area contributed by atoms with Gasteiger partial charge in [0.05, 0.1) is 13.3 Å². The molecule has 3 aromatic carbocycles. The number of benzene rings is 3. The Labute approximate surface area is 204 Å². The summed E-state index contributed by atoms with van der Waals surface area (Å²) < 4.78 is 11.4. The van der Waals surface area contributed by atoms with Gasteiger partial charge in [0.25, 0.3) is 5.91 Å². The van der Waals surface area contributed by atoms with Crippen LogP contribution in [0.3, 0.4) is 0 Å². The third-order valence-electron chi connectivity index (χ3n) is 4.31. The molecule has 3 rings (SSSR count). The molecule has 0 aliphatic rings. The van der Waals surface area contributed by atoms with Crippen LogP contribution in [0.15, 0.2) is 82.4 Å². The van der Waals surface area contributed by atoms with Crippen molar-refractivity contribution in [2.24, 2.45) is 5.10 Å². The molecule has 0 saturated heterocycles. The Bertz CT molecular complexity index is 1160. The lowest BCUT2D eigenvalue weighted by atomic mass is 10.2. The molecule has 34 heavy (non-hydrogen) atoms. The zero-order chi connectivity index (χ0) is 24.3. The Morgan fingerprint density at radius 1 is 0.824 bits per heavy atom. The maximum absolute atomic E-state index is 12.0. The summed E-state index contributed by atoms with van der Waals surface area (Å²) in [7, 11) is 1.57. The quantitative estimate of drug-likeness (QED) is 0.236. The van der Waals surface area contributed by atoms with Crippen LogP contribution in [-0.2, 0) is 14.4 Å². The number of anilines is 2. The Balaban J connectivity index is 1.41. The van der Waals surface area contributed by atoms with Crippen LogP contribution < -0.4 is 25.5 Å². The number of ether oxygens (including phenoxy) is 2. The minimum Gasteiger partial charge on any atom is -0.497 e. The Morgan fingerprint density at radius 2 is 1.41 bits per heavy atom. The lowest BCUT2D eigenvalue weighted by Crippen LogP contribution is -2.32. The molecule has 0 atom stereocenters. The number of methoxy groups -OCH3 is 1. The third-order valence-corrected chi connectivity index (χ3v) is 4.84. The molecular weight excluding hydrogens is 504 g/mol. The SMILES string of the molecule is COc1ccc(NC(=O)COc2ccc(/C=N\NC(=O)C(=O)Nc3ccc(Br)cc3)cc2)cc1. The van der Waals surface area contributed by atoms with Crippen LogP contribution in [-0.4, -0.2) is 37.7 Å². The highest BCUT2D eigenvalue weighted by atomic mass is 79.9. The van der Waals surface area contributed by atoms with Crippen molar-refractivity contribution in [3.8, 4) is 11.5 Å². The van der Waals surface area contributed by atoms with E-state index in [0.29, 0.717) is 28.4 Å². The van der Waals surface area contributed by atoms with Crippen LogP contribution in [0.2, 0.25) is 0 Å². The fraction of sp³-hybridized carbons (Fsp3) is 0.0833. The molecule has 0 saturated carbocycles. The van der Waals surface area contributed by atoms with Gasteiger partial charge in [0.2, 0.25) is 0 Å². The van der Waals surface area contributed by atoms with E-state index in [4.69, 9.17) is 9.47 Å². The van der Waals surface area contributed by atoms with Gasteiger partial charge in [-0.2, -0.15) is 5.10 Å². The van der Waals surface area contributed by atoms with Crippen LogP contribution in [0.4, 0.5) is 11.4 Å². The van der Waals surface area contributed by atoms with Crippen LogP contribution in [0.5, 0.6) is 11.5 Å². The largest absolute Gasteiger partial charge is 0.497 e. The highest BCUT2D eigenvalue weighted by molar-refractivity contribution is 9.10. The number of hydrogen-bond donors (Lipinski definition) is 3. The fourth-order valence-corrected chi connectivity index (χ4v) is 2.87. The molecule has 0 unspecified atom stereocenters. The molecule has 9 nitrogen and oxygen atoms in total. The van der Waals surface area contributed by atoms with E-state index in [1.165, 1.54) is 6.21 Å². The maximum Gasteiger partial charge on any atom is 0.329 e. The first-order valence-electron chi connectivity index (χ1n) is 9.99. The van der Waals surface area contributed by atoms with Gasteiger partial charge in [-0.15, -0.1) is 0 Å². The van der Waals surface area contributed by atoms with Crippen molar-refractivity contribution in [1.29, 1.82) is 0 Å². The van der Waals surface area contributed by atoms with Gasteiger partial charge in [0.1, 0.15) is 11.5 Å². The summed E-state index contributed by atoms with van der Waals surface area (Å²) in [5.41, 5.74) is 3.94. The first-order valence-corrected chi connectivity index (χ1v) is 10.8. The number of hydrazone groups is 1. The molecule has 0 fully saturated rings. The monoisotopic (exact) mass is 524 g/mol. The highest BCUT2D eigenvalue weighted by Gasteiger charge is 2.12. The second-order valence-electron chi connectivity index (χ2n) is 6.79. The van der Waals surface area contributed by atoms with E-state index in [1.807, 2.05) is 0 Å². The van der Waals surface area contributed by atoms with Gasteiger partial charge >= 0.3 is 11.8 Å². The van der Waals surface area contributed by atoms with E-state index >= 15 is 0 Å². The Kier molecular flexibility index (Phi) is 8.75. The average Bonchev–Trinajstić information content (AvgIpc) is 2.85. The topological polar surface area (TPSA) is 118 Å². The summed E-state index contributed by atoms with van der Waals surface area (Å²) in [6.07, 6.45) is 1.38. The molecule has 3 amide bonds. The second kappa shape index (κ2) is 12.2. The van der Waals surface area contributed by atoms with Gasteiger partial charge in [-0.25, -0.2) is 5.43 Å². The van der Waals surface area contributed by atoms with Gasteiger partial charge in [0, 0.05) is 15.8 Å². The molecule has 0 heterocycles. The molecule has 0 bridgehead atoms. The van der Waals surface area contributed by atoms with E-state index in [1.54, 1.807) is 79.9 Å². The van der Waals surface area contributed by atoms with Gasteiger partial charge in [-0.05, 0) is 78.4 Å². The minimum absolute atomic E-state index is 0.164. The van der Waals surface area contributed by atoms with Gasteiger partial charge in [0.15, 0.2) is 6.61 Å². The zero-order valence-corrected chi connectivity index (χ0v) is 19.7. The van der Waals surface area contributed by atoms with E-state index in [2.05, 4.69) is 37.1 Å². The average molecular weight is 525 g/mol. The number of halogens is 1. The summed E-state index contributed by atoms with van der Waals surface area (Å²) in [6, 6.07) is 20.4. The van der Waals surface area contributed by atoms with Crippen molar-refractivity contribution in [3.63, 3.8) is 0 Å². The molecule has 0 aliphatic heterocycles. The summed E-state index contributed by atoms with van der Waals surface area (Å²) in [4.78, 5) is 35.8. The minimum atomic E-state index is -0.901. The van der Waals surface area contributed by atoms with Crippen LogP contribution in [0, 0.1) is 0 Å². The first kappa shape index (κ1) is 24.5. The Hall–Kier alpha value is -4.18. The normalized spacial score (nSPS) is 10.4. The zero-order valence-electron chi connectivity index (χ0n) is 18.1. The Morgan fingerprint density at radius 3 is 2.06 bits per heavy atom. The summed E-state index contributed by atoms with van der Waals surface area (Å²) >= 11 is 3.29. The van der Waals surface area contributed by atoms with Gasteiger partial charge in [-0.3, -0.25) is 14.4 Å². The number of hydrogen-bond acceptors (Lipinski definition) is 6. The van der Waals surface area contributed by atoms with E-state index < -0.39 is 11.8 Å². The third kappa shape index (κ3) is 7.75. The second-order valence-corrected chi connectivity index (χ2v) is 7.71. The lowest BCUT2D eigenvalue weighted by Gasteiger charge is -2.08. The van der Waals surface area contributed by atoms with E-state index in [0.717, 1.165) is 4.47 Å². The van der Waals surface area contributed by atoms with Crippen molar-refractivity contribution >= 4 is 51.2 Å². The molecule has 174 valence electrons. The summed E-state index contributed by atoms with van der Waals surface area (Å²) in [5.74, 6) is -0.862. The van der Waals surface area contributed by atoms with E-state index in [9.17, 15) is 14.4 Å². The number of nitrogens with zero attached hydrogens (tertiary/aromatic N) is 1. The molecule has 0 aliphatic carbocycles. The van der Waals surface area contributed by atoms with Gasteiger partial charge < -0.3 is 20.1 Å². The number of carbonyl (C=O) groups excluding carboxylic acids is 3. The van der Waals surface area contributed by atoms with Crippen molar-refractivity contribution in [2.45, 2.75) is 0 Å². The summed E-state index contributed by atoms with van der Waals surface area (Å²) in [6.45, 7) is -0.164. The van der Waals surface area contributed by atoms with Crippen LogP contribution in [0.25, 0.3) is 0 Å². The molecular formula is C24H21BrN4O5. The summed E-state index contributed by atoms with van der Waals surface area (Å²) in [5, 5.41) is 8.97. The van der Waals surface area contributed by atoms with E-state index in [-0.39, 0.29) is 12.5 Å².